The van der Waals surface area contributed by atoms with E-state index in [1.54, 1.807) is 0 Å². The fourth-order valence-electron chi connectivity index (χ4n) is 4.21. The van der Waals surface area contributed by atoms with Crippen LogP contribution in [-0.4, -0.2) is 31.2 Å². The summed E-state index contributed by atoms with van der Waals surface area (Å²) in [6.07, 6.45) is 28.3. The fourth-order valence-corrected chi connectivity index (χ4v) is 4.78. The first-order valence-corrected chi connectivity index (χ1v) is 15.7. The van der Waals surface area contributed by atoms with Crippen LogP contribution in [0.2, 0.25) is 0 Å². The van der Waals surface area contributed by atoms with E-state index in [0.29, 0.717) is 25.8 Å². The number of rotatable bonds is 26. The Hall–Kier alpha value is 1.02. The van der Waals surface area contributed by atoms with Gasteiger partial charge in [-0.15, -0.1) is 0 Å². The zero-order valence-corrected chi connectivity index (χ0v) is 26.6. The minimum absolute atomic E-state index is 0. The van der Waals surface area contributed by atoms with Gasteiger partial charge < -0.3 is 10.1 Å². The van der Waals surface area contributed by atoms with Crippen LogP contribution < -0.4 is 56.5 Å². The normalized spacial score (nSPS) is 12.1. The predicted molar refractivity (Wildman–Crippen MR) is 141 cm³/mol. The van der Waals surface area contributed by atoms with Gasteiger partial charge in [0.25, 0.3) is 10.1 Å². The first kappa shape index (κ1) is 37.2. The molecule has 0 amide bonds. The molecule has 7 heteroatoms. The number of hydrogen-bond donors (Lipinski definition) is 1. The molecule has 0 unspecified atom stereocenters. The van der Waals surface area contributed by atoms with Crippen molar-refractivity contribution >= 4 is 16.0 Å². The second-order valence-electron chi connectivity index (χ2n) is 9.74. The van der Waals surface area contributed by atoms with Crippen LogP contribution in [0.3, 0.4) is 0 Å². The van der Waals surface area contributed by atoms with Crippen molar-refractivity contribution in [1.29, 1.82) is 0 Å². The molecular formula is C27H54KNO4S. The molecule has 0 fully saturated rings. The Morgan fingerprint density at radius 2 is 0.971 bits per heavy atom. The minimum atomic E-state index is -3.89. The zero-order chi connectivity index (χ0) is 24.5. The van der Waals surface area contributed by atoms with Crippen molar-refractivity contribution in [3.8, 4) is 0 Å². The van der Waals surface area contributed by atoms with Gasteiger partial charge in [0.15, 0.2) is 0 Å². The van der Waals surface area contributed by atoms with Crippen molar-refractivity contribution in [2.24, 2.45) is 4.99 Å². The van der Waals surface area contributed by atoms with Crippen molar-refractivity contribution < 1.29 is 69.5 Å². The quantitative estimate of drug-likeness (QED) is 0.0584. The number of nitrogens with zero attached hydrogens (tertiary/aromatic N) is 1. The smallest absolute Gasteiger partial charge is 0.862 e. The Morgan fingerprint density at radius 3 is 1.32 bits per heavy atom. The van der Waals surface area contributed by atoms with Gasteiger partial charge >= 0.3 is 51.4 Å². The molecule has 0 rings (SSSR count). The third-order valence-electron chi connectivity index (χ3n) is 6.34. The third kappa shape index (κ3) is 33.0. The topological polar surface area (TPSA) is 89.8 Å². The summed E-state index contributed by atoms with van der Waals surface area (Å²) < 4.78 is 29.8. The van der Waals surface area contributed by atoms with E-state index in [-0.39, 0.29) is 63.0 Å². The van der Waals surface area contributed by atoms with Gasteiger partial charge in [-0.3, -0.25) is 4.55 Å². The van der Waals surface area contributed by atoms with Gasteiger partial charge in [0, 0.05) is 6.54 Å². The zero-order valence-electron chi connectivity index (χ0n) is 22.7. The standard InChI is InChI=1S/C27H55NO4S.K/c1-2-3-4-5-6-7-8-9-10-11-12-13-14-15-16-17-18-19-20-21-24-27(29)28-25-22-23-26-33(30,31)32;/h2-26H2,1H3,(H,28,29)(H,30,31,32);/q;+1/p-1. The SMILES string of the molecule is CCCCCCCCCCCCCCCCCCCCCCC([O-])=NCCCCS(=O)(=O)O.[K+]. The summed E-state index contributed by atoms with van der Waals surface area (Å²) in [6.45, 7) is 2.63. The molecule has 34 heavy (non-hydrogen) atoms. The summed E-state index contributed by atoms with van der Waals surface area (Å²) in [5, 5.41) is 11.7. The first-order valence-electron chi connectivity index (χ1n) is 14.1. The van der Waals surface area contributed by atoms with E-state index < -0.39 is 10.1 Å². The third-order valence-corrected chi connectivity index (χ3v) is 7.15. The summed E-state index contributed by atoms with van der Waals surface area (Å²) in [5.74, 6) is -0.333. The first-order chi connectivity index (χ1) is 16.0. The Labute approximate surface area is 254 Å². The van der Waals surface area contributed by atoms with Crippen molar-refractivity contribution in [2.75, 3.05) is 12.3 Å². The average Bonchev–Trinajstić information content (AvgIpc) is 2.76. The minimum Gasteiger partial charge on any atom is -0.862 e. The summed E-state index contributed by atoms with van der Waals surface area (Å²) >= 11 is 0. The maximum Gasteiger partial charge on any atom is 1.00 e. The Bertz CT molecular complexity index is 541. The molecule has 0 aliphatic carbocycles. The number of aliphatic imine (C=N–C) groups is 1. The maximum atomic E-state index is 11.7. The van der Waals surface area contributed by atoms with E-state index >= 15 is 0 Å². The van der Waals surface area contributed by atoms with E-state index in [1.807, 2.05) is 0 Å². The molecule has 0 saturated heterocycles. The predicted octanol–water partition coefficient (Wildman–Crippen LogP) is 4.63. The van der Waals surface area contributed by atoms with Gasteiger partial charge in [0.05, 0.1) is 5.75 Å². The largest absolute Gasteiger partial charge is 1.00 e. The van der Waals surface area contributed by atoms with E-state index in [0.717, 1.165) is 12.8 Å². The molecular weight excluding hydrogens is 473 g/mol. The maximum absolute atomic E-state index is 11.7. The molecule has 5 nitrogen and oxygen atoms in total. The van der Waals surface area contributed by atoms with Crippen molar-refractivity contribution in [3.63, 3.8) is 0 Å². The molecule has 0 aliphatic rings. The second kappa shape index (κ2) is 28.6. The summed E-state index contributed by atoms with van der Waals surface area (Å²) in [6, 6.07) is 0. The van der Waals surface area contributed by atoms with Crippen LogP contribution in [0.4, 0.5) is 0 Å². The van der Waals surface area contributed by atoms with Crippen LogP contribution in [0.25, 0.3) is 0 Å². The Morgan fingerprint density at radius 1 is 0.618 bits per heavy atom. The van der Waals surface area contributed by atoms with E-state index in [9.17, 15) is 13.5 Å². The van der Waals surface area contributed by atoms with Crippen LogP contribution in [0, 0.1) is 0 Å². The van der Waals surface area contributed by atoms with Crippen LogP contribution in [-0.2, 0) is 10.1 Å². The van der Waals surface area contributed by atoms with Gasteiger partial charge in [-0.2, -0.15) is 8.42 Å². The van der Waals surface area contributed by atoms with E-state index in [2.05, 4.69) is 11.9 Å². The molecule has 0 heterocycles. The van der Waals surface area contributed by atoms with Gasteiger partial charge in [0.1, 0.15) is 0 Å². The van der Waals surface area contributed by atoms with Gasteiger partial charge in [-0.05, 0) is 31.6 Å². The molecule has 0 bridgehead atoms. The molecule has 0 atom stereocenters. The number of hydrogen-bond acceptors (Lipinski definition) is 4. The van der Waals surface area contributed by atoms with E-state index in [4.69, 9.17) is 4.55 Å². The Balaban J connectivity index is 0. The van der Waals surface area contributed by atoms with Crippen LogP contribution in [0.1, 0.15) is 155 Å². The van der Waals surface area contributed by atoms with Gasteiger partial charge in [0.2, 0.25) is 0 Å². The average molecular weight is 528 g/mol. The molecule has 0 aliphatic heterocycles. The molecule has 0 radical (unpaired) electrons. The summed E-state index contributed by atoms with van der Waals surface area (Å²) in [4.78, 5) is 3.95. The Kier molecular flexibility index (Phi) is 31.3. The van der Waals surface area contributed by atoms with Crippen LogP contribution >= 0.6 is 0 Å². The molecule has 1 N–H and O–H groups in total. The number of unbranched alkanes of at least 4 members (excludes halogenated alkanes) is 20. The molecule has 198 valence electrons. The van der Waals surface area contributed by atoms with Gasteiger partial charge in [-0.25, -0.2) is 0 Å². The molecule has 0 aromatic carbocycles. The van der Waals surface area contributed by atoms with Crippen LogP contribution in [0.5, 0.6) is 0 Å². The van der Waals surface area contributed by atoms with Crippen LogP contribution in [0.15, 0.2) is 4.99 Å². The van der Waals surface area contributed by atoms with E-state index in [1.165, 1.54) is 116 Å². The van der Waals surface area contributed by atoms with Crippen molar-refractivity contribution in [2.45, 2.75) is 155 Å². The van der Waals surface area contributed by atoms with Crippen molar-refractivity contribution in [3.05, 3.63) is 0 Å². The summed E-state index contributed by atoms with van der Waals surface area (Å²) in [7, 11) is -3.89. The van der Waals surface area contributed by atoms with Gasteiger partial charge in [-0.1, -0.05) is 129 Å². The second-order valence-corrected chi connectivity index (χ2v) is 11.3. The molecule has 0 aromatic heterocycles. The molecule has 0 aromatic rings. The fraction of sp³-hybridized carbons (Fsp3) is 0.963. The summed E-state index contributed by atoms with van der Waals surface area (Å²) in [5.41, 5.74) is 0. The molecule has 0 saturated carbocycles. The van der Waals surface area contributed by atoms with Crippen molar-refractivity contribution in [1.82, 2.24) is 0 Å². The molecule has 0 spiro atoms. The monoisotopic (exact) mass is 527 g/mol.